The number of methoxy groups -OCH3 is 1. The number of hydrogen-bond donors (Lipinski definition) is 7. The van der Waals surface area contributed by atoms with Crippen molar-refractivity contribution in [2.45, 2.75) is 24.3 Å². The number of benzene rings is 5. The Hall–Kier alpha value is -7.30. The molecule has 0 saturated carbocycles. The molecule has 0 spiro atoms. The summed E-state index contributed by atoms with van der Waals surface area (Å²) in [5.41, 5.74) is 5.36. The van der Waals surface area contributed by atoms with E-state index in [-0.39, 0.29) is 61.4 Å². The summed E-state index contributed by atoms with van der Waals surface area (Å²) in [5, 5.41) is 21.0. The van der Waals surface area contributed by atoms with Gasteiger partial charge in [0, 0.05) is 27.9 Å². The molecule has 5 aromatic carbocycles. The van der Waals surface area contributed by atoms with Gasteiger partial charge in [-0.2, -0.15) is 16.8 Å². The lowest BCUT2D eigenvalue weighted by molar-refractivity contribution is -0.116. The second kappa shape index (κ2) is 18.5. The molecule has 2 atom stereocenters. The lowest BCUT2D eigenvalue weighted by atomic mass is 9.82. The minimum Gasteiger partial charge on any atom is -0.507 e. The summed E-state index contributed by atoms with van der Waals surface area (Å²) in [4.78, 5) is 75.0. The van der Waals surface area contributed by atoms with Crippen LogP contribution in [0.5, 0.6) is 17.2 Å². The lowest BCUT2D eigenvalue weighted by Gasteiger charge is -2.21. The molecule has 2 aliphatic carbocycles. The first-order valence-corrected chi connectivity index (χ1v) is 20.6. The van der Waals surface area contributed by atoms with Gasteiger partial charge < -0.3 is 36.8 Å². The highest BCUT2D eigenvalue weighted by molar-refractivity contribution is 7.87. The summed E-state index contributed by atoms with van der Waals surface area (Å²) in [6.45, 7) is 1.94. The molecule has 0 aromatic heterocycles. The Labute approximate surface area is 353 Å². The second-order valence-electron chi connectivity index (χ2n) is 13.2. The number of phenols is 2. The Kier molecular flexibility index (Phi) is 14.2. The molecule has 2 amide bonds. The van der Waals surface area contributed by atoms with Crippen LogP contribution in [0.4, 0.5) is 17.1 Å². The van der Waals surface area contributed by atoms with Crippen LogP contribution in [0.1, 0.15) is 77.5 Å². The number of ether oxygens (including phenoxy) is 1. The molecule has 7 rings (SSSR count). The van der Waals surface area contributed by atoms with Crippen molar-refractivity contribution in [2.24, 2.45) is 0 Å². The highest BCUT2D eigenvalue weighted by atomic mass is 32.2. The van der Waals surface area contributed by atoms with E-state index in [4.69, 9.17) is 19.6 Å². The number of phenolic OH excluding ortho intramolecular Hbond substituents is 2. The zero-order chi connectivity index (χ0) is 45.1. The van der Waals surface area contributed by atoms with E-state index in [1.54, 1.807) is 43.5 Å². The largest absolute Gasteiger partial charge is 0.507 e. The van der Waals surface area contributed by atoms with Crippen molar-refractivity contribution in [2.75, 3.05) is 23.5 Å². The fraction of sp³-hybridized carbons (Fsp3) is 0.122. The van der Waals surface area contributed by atoms with Crippen LogP contribution in [0.15, 0.2) is 97.1 Å². The number of carbonyl (C=O) groups is 6. The molecule has 21 heteroatoms. The van der Waals surface area contributed by atoms with E-state index in [0.29, 0.717) is 0 Å². The molecule has 2 aliphatic rings. The maximum Gasteiger partial charge on any atom is 0.276 e. The molecule has 324 valence electrons. The van der Waals surface area contributed by atoms with Gasteiger partial charge in [0.1, 0.15) is 17.2 Å². The second-order valence-corrected chi connectivity index (χ2v) is 16.7. The highest BCUT2D eigenvalue weighted by Gasteiger charge is 2.37. The molecular formula is C41H37N3O16S2. The van der Waals surface area contributed by atoms with Crippen molar-refractivity contribution >= 4 is 72.2 Å². The smallest absolute Gasteiger partial charge is 0.276 e. The van der Waals surface area contributed by atoms with Gasteiger partial charge in [-0.3, -0.25) is 37.9 Å². The molecular weight excluding hydrogens is 855 g/mol. The van der Waals surface area contributed by atoms with Gasteiger partial charge in [0.15, 0.2) is 33.6 Å². The summed E-state index contributed by atoms with van der Waals surface area (Å²) < 4.78 is 67.4. The number of nitrogens with two attached hydrogens (primary N) is 1. The molecule has 62 heavy (non-hydrogen) atoms. The van der Waals surface area contributed by atoms with E-state index in [1.807, 2.05) is 12.1 Å². The topological polar surface area (TPSA) is 342 Å². The zero-order valence-electron chi connectivity index (χ0n) is 32.6. The van der Waals surface area contributed by atoms with Crippen molar-refractivity contribution in [1.82, 2.24) is 0 Å². The predicted octanol–water partition coefficient (Wildman–Crippen LogP) is 3.22. The summed E-state index contributed by atoms with van der Waals surface area (Å²) in [5.74, 6) is -4.58. The minimum absolute atomic E-state index is 0. The summed E-state index contributed by atoms with van der Waals surface area (Å²) in [6, 6.07) is 23.9. The molecule has 2 unspecified atom stereocenters. The maximum atomic E-state index is 12.8. The first-order valence-electron chi connectivity index (χ1n) is 17.6. The summed E-state index contributed by atoms with van der Waals surface area (Å²) >= 11 is 0. The number of aromatic hydroxyl groups is 2. The molecule has 10 N–H and O–H groups in total. The van der Waals surface area contributed by atoms with Crippen LogP contribution >= 0.6 is 0 Å². The third kappa shape index (κ3) is 9.67. The molecule has 5 aromatic rings. The van der Waals surface area contributed by atoms with Gasteiger partial charge in [-0.15, -0.1) is 0 Å². The van der Waals surface area contributed by atoms with Gasteiger partial charge in [-0.1, -0.05) is 48.5 Å². The van der Waals surface area contributed by atoms with Crippen LogP contribution in [0.2, 0.25) is 0 Å². The first-order chi connectivity index (χ1) is 28.6. The summed E-state index contributed by atoms with van der Waals surface area (Å²) in [7, 11) is -7.65. The van der Waals surface area contributed by atoms with E-state index >= 15 is 0 Å². The van der Waals surface area contributed by atoms with Crippen molar-refractivity contribution in [3.63, 3.8) is 0 Å². The number of carbonyl (C=O) groups excluding carboxylic acids is 6. The Morgan fingerprint density at radius 3 is 1.15 bits per heavy atom. The molecule has 19 nitrogen and oxygen atoms in total. The van der Waals surface area contributed by atoms with Gasteiger partial charge in [0.2, 0.25) is 11.8 Å². The Balaban J connectivity index is 0.000000224. The van der Waals surface area contributed by atoms with Gasteiger partial charge in [0.05, 0.1) is 40.7 Å². The highest BCUT2D eigenvalue weighted by Crippen LogP contribution is 2.38. The average molecular weight is 892 g/mol. The lowest BCUT2D eigenvalue weighted by Crippen LogP contribution is -2.33. The number of hydrogen-bond acceptors (Lipinski definition) is 14. The fourth-order valence-electron chi connectivity index (χ4n) is 5.96. The van der Waals surface area contributed by atoms with Gasteiger partial charge in [0.25, 0.3) is 20.2 Å². The van der Waals surface area contributed by atoms with Crippen LogP contribution < -0.4 is 21.1 Å². The van der Waals surface area contributed by atoms with Crippen molar-refractivity contribution in [3.05, 3.63) is 142 Å². The number of anilines is 3. The van der Waals surface area contributed by atoms with Crippen molar-refractivity contribution in [3.8, 4) is 17.2 Å². The Morgan fingerprint density at radius 1 is 0.548 bits per heavy atom. The Morgan fingerprint density at radius 2 is 0.855 bits per heavy atom. The average Bonchev–Trinajstić information content (AvgIpc) is 3.22. The SMILES string of the molecule is CC(C(=O)Nc1ccc(O)c2c1C(=O)c1ccccc1C2=O)S(=O)(=O)O.CC(C(=O)Nc1ccc(O)c2c1C(=O)c1ccccc1C2=O)S(=O)(=O)O.COc1ccc(N)cc1.O. The monoisotopic (exact) mass is 891 g/mol. The standard InChI is InChI=1S/2C17H13NO7S.C7H9NO.H2O/c2*1-8(26(23,24)25)17(22)18-11-6-7-12(19)14-13(11)15(20)9-4-2-3-5-10(9)16(14)21;1-9-7-4-2-6(8)3-5-7;/h2*2-8,19H,1H3,(H,18,22)(H,23,24,25);2-5H,8H2,1H3;1H2. The quantitative estimate of drug-likeness (QED) is 0.0686. The van der Waals surface area contributed by atoms with Crippen LogP contribution in [0.3, 0.4) is 0 Å². The minimum atomic E-state index is -4.64. The summed E-state index contributed by atoms with van der Waals surface area (Å²) in [6.07, 6.45) is 0. The normalized spacial score (nSPS) is 13.4. The number of nitrogen functional groups attached to an aromatic ring is 1. The predicted molar refractivity (Wildman–Crippen MR) is 223 cm³/mol. The van der Waals surface area contributed by atoms with Gasteiger partial charge in [-0.25, -0.2) is 0 Å². The van der Waals surface area contributed by atoms with Crippen LogP contribution in [-0.2, 0) is 29.8 Å². The third-order valence-corrected chi connectivity index (χ3v) is 11.6. The van der Waals surface area contributed by atoms with Crippen molar-refractivity contribution < 1.29 is 75.1 Å². The fourth-order valence-corrected chi connectivity index (χ4v) is 6.62. The first kappa shape index (κ1) is 47.4. The van der Waals surface area contributed by atoms with Gasteiger partial charge in [-0.05, 0) is 62.4 Å². The van der Waals surface area contributed by atoms with E-state index in [0.717, 1.165) is 37.4 Å². The number of fused-ring (bicyclic) bond motifs is 4. The maximum absolute atomic E-state index is 12.8. The van der Waals surface area contributed by atoms with Crippen LogP contribution in [0, 0.1) is 0 Å². The molecule has 0 aliphatic heterocycles. The van der Waals surface area contributed by atoms with E-state index in [2.05, 4.69) is 10.6 Å². The van der Waals surface area contributed by atoms with Crippen LogP contribution in [-0.4, -0.2) is 94.2 Å². The van der Waals surface area contributed by atoms with Crippen LogP contribution in [0.25, 0.3) is 0 Å². The van der Waals surface area contributed by atoms with Crippen molar-refractivity contribution in [1.29, 1.82) is 0 Å². The third-order valence-electron chi connectivity index (χ3n) is 9.37. The molecule has 0 heterocycles. The number of ketones is 4. The number of rotatable bonds is 7. The molecule has 0 fully saturated rings. The number of amides is 2. The molecule has 0 radical (unpaired) electrons. The van der Waals surface area contributed by atoms with E-state index < -0.39 is 77.2 Å². The van der Waals surface area contributed by atoms with E-state index in [1.165, 1.54) is 36.4 Å². The molecule has 0 saturated heterocycles. The Bertz CT molecular complexity index is 2710. The zero-order valence-corrected chi connectivity index (χ0v) is 34.2. The molecule has 0 bridgehead atoms. The van der Waals surface area contributed by atoms with Gasteiger partial charge >= 0.3 is 0 Å². The number of nitrogens with one attached hydrogen (secondary N) is 2. The van der Waals surface area contributed by atoms with E-state index in [9.17, 15) is 55.8 Å².